The maximum atomic E-state index is 12.5. The van der Waals surface area contributed by atoms with Crippen LogP contribution in [-0.2, 0) is 12.8 Å². The van der Waals surface area contributed by atoms with Crippen molar-refractivity contribution < 1.29 is 9.59 Å². The van der Waals surface area contributed by atoms with Crippen molar-refractivity contribution in [1.82, 2.24) is 0 Å². The van der Waals surface area contributed by atoms with E-state index in [0.29, 0.717) is 21.2 Å². The summed E-state index contributed by atoms with van der Waals surface area (Å²) in [7, 11) is 0. The van der Waals surface area contributed by atoms with Crippen LogP contribution in [0, 0.1) is 0 Å². The molecule has 0 aliphatic carbocycles. The molecule has 2 nitrogen and oxygen atoms in total. The molecule has 0 atom stereocenters. The molecule has 0 amide bonds. The van der Waals surface area contributed by atoms with Gasteiger partial charge >= 0.3 is 0 Å². The Balaban J connectivity index is 1.29. The largest absolute Gasteiger partial charge is 0.289 e. The zero-order valence-corrected chi connectivity index (χ0v) is 21.0. The fourth-order valence-corrected chi connectivity index (χ4v) is 3.90. The molecule has 4 rings (SSSR count). The van der Waals surface area contributed by atoms with E-state index in [0.717, 1.165) is 35.1 Å². The lowest BCUT2D eigenvalue weighted by Crippen LogP contribution is -1.97. The van der Waals surface area contributed by atoms with Gasteiger partial charge in [-0.25, -0.2) is 0 Å². The second kappa shape index (κ2) is 12.3. The number of hydrogen-bond donors (Lipinski definition) is 0. The Morgan fingerprint density at radius 1 is 0.500 bits per heavy atom. The summed E-state index contributed by atoms with van der Waals surface area (Å²) >= 11 is 11.8. The third-order valence-electron chi connectivity index (χ3n) is 5.77. The van der Waals surface area contributed by atoms with E-state index in [1.807, 2.05) is 72.8 Å². The first kappa shape index (κ1) is 25.4. The highest BCUT2D eigenvalue weighted by Crippen LogP contribution is 2.15. The Hall–Kier alpha value is -3.72. The zero-order chi connectivity index (χ0) is 25.3. The third kappa shape index (κ3) is 7.39. The molecule has 0 N–H and O–H groups in total. The smallest absolute Gasteiger partial charge is 0.185 e. The minimum Gasteiger partial charge on any atom is -0.289 e. The maximum absolute atomic E-state index is 12.5. The van der Waals surface area contributed by atoms with Crippen molar-refractivity contribution in [3.05, 3.63) is 153 Å². The van der Waals surface area contributed by atoms with Crippen molar-refractivity contribution >= 4 is 46.9 Å². The second-order valence-corrected chi connectivity index (χ2v) is 9.26. The highest BCUT2D eigenvalue weighted by molar-refractivity contribution is 6.30. The van der Waals surface area contributed by atoms with Gasteiger partial charge in [0.1, 0.15) is 0 Å². The maximum Gasteiger partial charge on any atom is 0.185 e. The van der Waals surface area contributed by atoms with E-state index in [1.54, 1.807) is 48.6 Å². The molecular formula is C32H24Cl2O2. The Labute approximate surface area is 221 Å². The van der Waals surface area contributed by atoms with E-state index in [9.17, 15) is 9.59 Å². The summed E-state index contributed by atoms with van der Waals surface area (Å²) in [6.45, 7) is 0. The molecule has 0 spiro atoms. The van der Waals surface area contributed by atoms with Gasteiger partial charge < -0.3 is 0 Å². The average molecular weight is 511 g/mol. The Morgan fingerprint density at radius 3 is 1.17 bits per heavy atom. The molecule has 0 aromatic heterocycles. The molecule has 178 valence electrons. The molecule has 0 bridgehead atoms. The average Bonchev–Trinajstić information content (AvgIpc) is 2.91. The molecule has 0 saturated carbocycles. The van der Waals surface area contributed by atoms with Gasteiger partial charge in [0, 0.05) is 21.2 Å². The van der Waals surface area contributed by atoms with Gasteiger partial charge in [-0.05, 0) is 71.5 Å². The fraction of sp³-hybridized carbons (Fsp3) is 0.0625. The van der Waals surface area contributed by atoms with Crippen molar-refractivity contribution in [1.29, 1.82) is 0 Å². The predicted molar refractivity (Wildman–Crippen MR) is 150 cm³/mol. The number of ketones is 2. The van der Waals surface area contributed by atoms with Crippen LogP contribution in [0.15, 0.2) is 109 Å². The number of benzene rings is 4. The van der Waals surface area contributed by atoms with E-state index in [4.69, 9.17) is 23.2 Å². The number of rotatable bonds is 9. The number of allylic oxidation sites excluding steroid dienone is 2. The van der Waals surface area contributed by atoms with Crippen molar-refractivity contribution in [3.8, 4) is 0 Å². The van der Waals surface area contributed by atoms with E-state index < -0.39 is 0 Å². The lowest BCUT2D eigenvalue weighted by molar-refractivity contribution is 0.103. The summed E-state index contributed by atoms with van der Waals surface area (Å²) in [4.78, 5) is 24.9. The molecule has 36 heavy (non-hydrogen) atoms. The summed E-state index contributed by atoms with van der Waals surface area (Å²) in [5.74, 6) is -0.0799. The van der Waals surface area contributed by atoms with E-state index in [2.05, 4.69) is 0 Å². The van der Waals surface area contributed by atoms with Crippen LogP contribution in [-0.4, -0.2) is 11.6 Å². The number of hydrogen-bond acceptors (Lipinski definition) is 2. The predicted octanol–water partition coefficient (Wildman–Crippen LogP) is 8.57. The van der Waals surface area contributed by atoms with Gasteiger partial charge in [-0.15, -0.1) is 0 Å². The highest BCUT2D eigenvalue weighted by Gasteiger charge is 2.05. The number of carbonyl (C=O) groups is 2. The Kier molecular flexibility index (Phi) is 8.67. The van der Waals surface area contributed by atoms with Gasteiger partial charge in [-0.3, -0.25) is 9.59 Å². The lowest BCUT2D eigenvalue weighted by Gasteiger charge is -2.05. The Morgan fingerprint density at radius 2 is 0.833 bits per heavy atom. The molecule has 0 saturated heterocycles. The van der Waals surface area contributed by atoms with Crippen LogP contribution < -0.4 is 0 Å². The lowest BCUT2D eigenvalue weighted by atomic mass is 10.00. The zero-order valence-electron chi connectivity index (χ0n) is 19.5. The molecule has 0 fully saturated rings. The van der Waals surface area contributed by atoms with E-state index in [1.165, 1.54) is 0 Å². The SMILES string of the molecule is O=C(/C=C/c1ccc(Cl)cc1)c1ccc(CCc2ccc(C(=O)/C=C/c3ccc(Cl)cc3)cc2)cc1. The molecule has 4 heteroatoms. The summed E-state index contributed by atoms with van der Waals surface area (Å²) in [6, 6.07) is 30.1. The monoisotopic (exact) mass is 510 g/mol. The van der Waals surface area contributed by atoms with Crippen molar-refractivity contribution in [2.45, 2.75) is 12.8 Å². The van der Waals surface area contributed by atoms with E-state index >= 15 is 0 Å². The van der Waals surface area contributed by atoms with Crippen LogP contribution >= 0.6 is 23.2 Å². The Bertz CT molecular complexity index is 1270. The van der Waals surface area contributed by atoms with Gasteiger partial charge in [-0.2, -0.15) is 0 Å². The quantitative estimate of drug-likeness (QED) is 0.167. The molecule has 0 aliphatic heterocycles. The summed E-state index contributed by atoms with van der Waals surface area (Å²) in [5, 5.41) is 1.33. The van der Waals surface area contributed by atoms with Crippen molar-refractivity contribution in [2.75, 3.05) is 0 Å². The van der Waals surface area contributed by atoms with Crippen LogP contribution in [0.2, 0.25) is 10.0 Å². The standard InChI is InChI=1S/C32H24Cl2O2/c33-29-17-7-25(8-18-29)11-21-31(35)27-13-3-23(4-14-27)1-2-24-5-15-28(16-6-24)32(36)22-12-26-9-19-30(34)20-10-26/h3-22H,1-2H2/b21-11+,22-12+. The minimum atomic E-state index is -0.0399. The summed E-state index contributed by atoms with van der Waals surface area (Å²) in [5.41, 5.74) is 5.46. The third-order valence-corrected chi connectivity index (χ3v) is 6.28. The van der Waals surface area contributed by atoms with Gasteiger partial charge in [0.2, 0.25) is 0 Å². The van der Waals surface area contributed by atoms with Crippen LogP contribution in [0.3, 0.4) is 0 Å². The van der Waals surface area contributed by atoms with Crippen molar-refractivity contribution in [3.63, 3.8) is 0 Å². The van der Waals surface area contributed by atoms with Crippen LogP contribution in [0.4, 0.5) is 0 Å². The fourth-order valence-electron chi connectivity index (χ4n) is 3.64. The first-order valence-corrected chi connectivity index (χ1v) is 12.4. The first-order chi connectivity index (χ1) is 17.5. The first-order valence-electron chi connectivity index (χ1n) is 11.6. The highest BCUT2D eigenvalue weighted by atomic mass is 35.5. The van der Waals surface area contributed by atoms with Gasteiger partial charge in [0.25, 0.3) is 0 Å². The molecule has 4 aromatic carbocycles. The topological polar surface area (TPSA) is 34.1 Å². The van der Waals surface area contributed by atoms with E-state index in [-0.39, 0.29) is 11.6 Å². The van der Waals surface area contributed by atoms with Crippen LogP contribution in [0.5, 0.6) is 0 Å². The summed E-state index contributed by atoms with van der Waals surface area (Å²) < 4.78 is 0. The number of aryl methyl sites for hydroxylation is 2. The van der Waals surface area contributed by atoms with Crippen LogP contribution in [0.25, 0.3) is 12.2 Å². The molecule has 0 radical (unpaired) electrons. The van der Waals surface area contributed by atoms with Crippen molar-refractivity contribution in [2.24, 2.45) is 0 Å². The summed E-state index contributed by atoms with van der Waals surface area (Å²) in [6.07, 6.45) is 8.41. The second-order valence-electron chi connectivity index (χ2n) is 8.39. The van der Waals surface area contributed by atoms with Gasteiger partial charge in [0.15, 0.2) is 11.6 Å². The molecule has 4 aromatic rings. The normalized spacial score (nSPS) is 11.3. The molecule has 0 heterocycles. The minimum absolute atomic E-state index is 0.0399. The number of carbonyl (C=O) groups excluding carboxylic acids is 2. The van der Waals surface area contributed by atoms with Crippen LogP contribution in [0.1, 0.15) is 43.0 Å². The number of halogens is 2. The molecular weight excluding hydrogens is 487 g/mol. The molecule has 0 aliphatic rings. The van der Waals surface area contributed by atoms with Gasteiger partial charge in [0.05, 0.1) is 0 Å². The molecule has 0 unspecified atom stereocenters. The van der Waals surface area contributed by atoms with Gasteiger partial charge in [-0.1, -0.05) is 108 Å².